The standard InChI is InChI=1S/C15H21NO.C13H19NO.C12H17NO/c1-12(2)14-10-6-7-11-16(15(14)17)13-8-4-3-5-9-13;1-10(2)11(3)13(15)14(4)12-8-6-5-7-9-12;1-10(2)9-12(14)13(3)11-7-5-4-6-8-11/h3-5,8-9,12,14H,6-7,10-11H2,1-2H3;5-11H,1-4H3;4-8,10H,9H2,1-3H3/t;11-;/m.0./s1. The molecule has 1 aliphatic heterocycles. The normalized spacial score (nSPS) is 15.3. The van der Waals surface area contributed by atoms with Gasteiger partial charge in [0, 0.05) is 56.0 Å². The quantitative estimate of drug-likeness (QED) is 0.250. The van der Waals surface area contributed by atoms with Crippen molar-refractivity contribution in [2.24, 2.45) is 29.6 Å². The zero-order valence-electron chi connectivity index (χ0n) is 29.6. The molecule has 2 atom stereocenters. The molecule has 6 heteroatoms. The van der Waals surface area contributed by atoms with Gasteiger partial charge in [-0.25, -0.2) is 0 Å². The number of nitrogens with zero attached hydrogens (tertiary/aromatic N) is 3. The van der Waals surface area contributed by atoms with Crippen molar-refractivity contribution in [3.05, 3.63) is 91.0 Å². The molecule has 1 aliphatic rings. The summed E-state index contributed by atoms with van der Waals surface area (Å²) in [5.41, 5.74) is 2.96. The highest BCUT2D eigenvalue weighted by molar-refractivity contribution is 5.95. The maximum absolute atomic E-state index is 12.5. The van der Waals surface area contributed by atoms with Gasteiger partial charge in [0.15, 0.2) is 0 Å². The van der Waals surface area contributed by atoms with Crippen LogP contribution in [-0.4, -0.2) is 38.4 Å². The van der Waals surface area contributed by atoms with E-state index in [0.717, 1.165) is 42.9 Å². The van der Waals surface area contributed by atoms with Crippen molar-refractivity contribution in [1.82, 2.24) is 0 Å². The molecule has 0 N–H and O–H groups in total. The number of benzene rings is 3. The van der Waals surface area contributed by atoms with Crippen LogP contribution in [0, 0.1) is 29.6 Å². The number of carbonyl (C=O) groups is 3. The Morgan fingerprint density at radius 1 is 0.717 bits per heavy atom. The van der Waals surface area contributed by atoms with Crippen molar-refractivity contribution >= 4 is 34.8 Å². The molecule has 0 saturated carbocycles. The molecule has 0 aromatic heterocycles. The topological polar surface area (TPSA) is 60.9 Å². The van der Waals surface area contributed by atoms with Gasteiger partial charge < -0.3 is 14.7 Å². The number of carbonyl (C=O) groups excluding carboxylic acids is 3. The van der Waals surface area contributed by atoms with Crippen molar-refractivity contribution in [3.8, 4) is 0 Å². The third kappa shape index (κ3) is 12.1. The summed E-state index contributed by atoms with van der Waals surface area (Å²) >= 11 is 0. The van der Waals surface area contributed by atoms with Gasteiger partial charge in [-0.15, -0.1) is 0 Å². The average molecular weight is 628 g/mol. The van der Waals surface area contributed by atoms with Crippen LogP contribution in [0.2, 0.25) is 0 Å². The van der Waals surface area contributed by atoms with Crippen LogP contribution < -0.4 is 14.7 Å². The summed E-state index contributed by atoms with van der Waals surface area (Å²) < 4.78 is 0. The highest BCUT2D eigenvalue weighted by Gasteiger charge is 2.29. The Morgan fingerprint density at radius 2 is 1.20 bits per heavy atom. The minimum Gasteiger partial charge on any atom is -0.315 e. The van der Waals surface area contributed by atoms with Crippen LogP contribution in [0.1, 0.15) is 74.1 Å². The van der Waals surface area contributed by atoms with E-state index in [9.17, 15) is 14.4 Å². The molecule has 4 rings (SSSR count). The Morgan fingerprint density at radius 3 is 1.65 bits per heavy atom. The molecule has 0 spiro atoms. The van der Waals surface area contributed by atoms with Crippen LogP contribution in [0.5, 0.6) is 0 Å². The Kier molecular flexibility index (Phi) is 16.3. The van der Waals surface area contributed by atoms with E-state index in [4.69, 9.17) is 0 Å². The molecule has 0 bridgehead atoms. The second-order valence-electron chi connectivity index (χ2n) is 13.3. The minimum atomic E-state index is 0.0650. The van der Waals surface area contributed by atoms with Crippen molar-refractivity contribution < 1.29 is 14.4 Å². The van der Waals surface area contributed by atoms with Gasteiger partial charge >= 0.3 is 0 Å². The second-order valence-corrected chi connectivity index (χ2v) is 13.3. The summed E-state index contributed by atoms with van der Waals surface area (Å²) in [5.74, 6) is 2.14. The van der Waals surface area contributed by atoms with Crippen LogP contribution in [0.15, 0.2) is 91.0 Å². The molecule has 1 heterocycles. The zero-order chi connectivity index (χ0) is 34.2. The van der Waals surface area contributed by atoms with E-state index in [1.54, 1.807) is 9.80 Å². The Bertz CT molecular complexity index is 1310. The molecule has 0 aliphatic carbocycles. The fourth-order valence-electron chi connectivity index (χ4n) is 5.20. The summed E-state index contributed by atoms with van der Waals surface area (Å²) in [6.07, 6.45) is 3.92. The molecule has 1 saturated heterocycles. The first-order valence-corrected chi connectivity index (χ1v) is 16.9. The fourth-order valence-corrected chi connectivity index (χ4v) is 5.20. The first-order valence-electron chi connectivity index (χ1n) is 16.9. The highest BCUT2D eigenvalue weighted by Crippen LogP contribution is 2.28. The zero-order valence-corrected chi connectivity index (χ0v) is 29.6. The molecule has 3 aromatic carbocycles. The van der Waals surface area contributed by atoms with E-state index in [1.807, 2.05) is 117 Å². The van der Waals surface area contributed by atoms with E-state index >= 15 is 0 Å². The predicted molar refractivity (Wildman–Crippen MR) is 194 cm³/mol. The van der Waals surface area contributed by atoms with Gasteiger partial charge in [-0.1, -0.05) is 109 Å². The number of hydrogen-bond acceptors (Lipinski definition) is 3. The first-order chi connectivity index (χ1) is 21.8. The molecular formula is C40H57N3O3. The van der Waals surface area contributed by atoms with Crippen molar-refractivity contribution in [1.29, 1.82) is 0 Å². The van der Waals surface area contributed by atoms with Crippen molar-refractivity contribution in [3.63, 3.8) is 0 Å². The van der Waals surface area contributed by atoms with Crippen LogP contribution >= 0.6 is 0 Å². The second kappa shape index (κ2) is 19.6. The average Bonchev–Trinajstić information content (AvgIpc) is 3.26. The first kappa shape index (κ1) is 38.3. The summed E-state index contributed by atoms with van der Waals surface area (Å²) in [4.78, 5) is 41.6. The lowest BCUT2D eigenvalue weighted by molar-refractivity contribution is -0.124. The van der Waals surface area contributed by atoms with Gasteiger partial charge in [0.1, 0.15) is 0 Å². The summed E-state index contributed by atoms with van der Waals surface area (Å²) in [6.45, 7) is 15.4. The lowest BCUT2D eigenvalue weighted by atomic mass is 9.90. The van der Waals surface area contributed by atoms with Gasteiger partial charge in [-0.3, -0.25) is 14.4 Å². The minimum absolute atomic E-state index is 0.0650. The third-order valence-corrected chi connectivity index (χ3v) is 8.57. The third-order valence-electron chi connectivity index (χ3n) is 8.57. The smallest absolute Gasteiger partial charge is 0.230 e. The summed E-state index contributed by atoms with van der Waals surface area (Å²) in [7, 11) is 3.65. The SMILES string of the molecule is CC(C)C1CCCCN(c2ccccc2)C1=O.CC(C)CC(=O)N(C)c1ccccc1.CC(C)[C@H](C)C(=O)N(C)c1ccccc1. The molecule has 1 fully saturated rings. The molecular weight excluding hydrogens is 570 g/mol. The van der Waals surface area contributed by atoms with E-state index in [1.165, 1.54) is 0 Å². The molecule has 1 unspecified atom stereocenters. The van der Waals surface area contributed by atoms with Gasteiger partial charge in [0.2, 0.25) is 17.7 Å². The Hall–Kier alpha value is -3.93. The molecule has 46 heavy (non-hydrogen) atoms. The van der Waals surface area contributed by atoms with Gasteiger partial charge in [0.05, 0.1) is 0 Å². The van der Waals surface area contributed by atoms with E-state index < -0.39 is 0 Å². The van der Waals surface area contributed by atoms with Crippen LogP contribution in [0.3, 0.4) is 0 Å². The van der Waals surface area contributed by atoms with E-state index in [-0.39, 0.29) is 23.7 Å². The van der Waals surface area contributed by atoms with Gasteiger partial charge in [-0.05, 0) is 67.0 Å². The molecule has 3 aromatic rings. The summed E-state index contributed by atoms with van der Waals surface area (Å²) in [6, 6.07) is 29.5. The van der Waals surface area contributed by atoms with Gasteiger partial charge in [-0.2, -0.15) is 0 Å². The number of para-hydroxylation sites is 3. The fraction of sp³-hybridized carbons (Fsp3) is 0.475. The predicted octanol–water partition coefficient (Wildman–Crippen LogP) is 9.11. The van der Waals surface area contributed by atoms with E-state index in [0.29, 0.717) is 30.1 Å². The molecule has 250 valence electrons. The van der Waals surface area contributed by atoms with Crippen molar-refractivity contribution in [2.45, 2.75) is 74.1 Å². The van der Waals surface area contributed by atoms with E-state index in [2.05, 4.69) is 41.5 Å². The number of anilines is 3. The number of rotatable bonds is 8. The van der Waals surface area contributed by atoms with Gasteiger partial charge in [0.25, 0.3) is 0 Å². The summed E-state index contributed by atoms with van der Waals surface area (Å²) in [5, 5.41) is 0. The Balaban J connectivity index is 0.000000242. The van der Waals surface area contributed by atoms with Crippen molar-refractivity contribution in [2.75, 3.05) is 35.3 Å². The largest absolute Gasteiger partial charge is 0.315 e. The molecule has 3 amide bonds. The Labute approximate surface area is 278 Å². The lowest BCUT2D eigenvalue weighted by Crippen LogP contribution is -2.36. The molecule has 6 nitrogen and oxygen atoms in total. The maximum Gasteiger partial charge on any atom is 0.230 e. The van der Waals surface area contributed by atoms with Crippen LogP contribution in [0.25, 0.3) is 0 Å². The highest BCUT2D eigenvalue weighted by atomic mass is 16.2. The number of hydrogen-bond donors (Lipinski definition) is 0. The van der Waals surface area contributed by atoms with Crippen LogP contribution in [0.4, 0.5) is 17.1 Å². The molecule has 0 radical (unpaired) electrons. The maximum atomic E-state index is 12.5. The van der Waals surface area contributed by atoms with Crippen LogP contribution in [-0.2, 0) is 14.4 Å². The monoisotopic (exact) mass is 627 g/mol. The number of amides is 3. The lowest BCUT2D eigenvalue weighted by Gasteiger charge is -2.26.